The number of rotatable bonds is 7. The fourth-order valence-electron chi connectivity index (χ4n) is 2.34. The summed E-state index contributed by atoms with van der Waals surface area (Å²) in [5.41, 5.74) is 2.09. The van der Waals surface area contributed by atoms with Crippen molar-refractivity contribution in [2.45, 2.75) is 26.7 Å². The quantitative estimate of drug-likeness (QED) is 0.705. The molecule has 0 unspecified atom stereocenters. The molecule has 3 aromatic rings. The highest BCUT2D eigenvalue weighted by molar-refractivity contribution is 7.09. The maximum absolute atomic E-state index is 5.95. The van der Waals surface area contributed by atoms with Gasteiger partial charge >= 0.3 is 0 Å². The average Bonchev–Trinajstić information content (AvgIpc) is 3.13. The zero-order chi connectivity index (χ0) is 14.5. The Labute approximate surface area is 128 Å². The van der Waals surface area contributed by atoms with Gasteiger partial charge in [-0.3, -0.25) is 0 Å². The standard InChI is InChI=1S/C17H19NO2S/c1-2-18-10-17-15(12-19-11-13-6-5-9-21-13)14-7-3-4-8-16(14)20-17/h3-9,18H,2,10-12H2,1H3. The lowest BCUT2D eigenvalue weighted by Crippen LogP contribution is -2.12. The first-order valence-corrected chi connectivity index (χ1v) is 8.06. The second kappa shape index (κ2) is 6.89. The molecule has 3 rings (SSSR count). The van der Waals surface area contributed by atoms with E-state index in [1.165, 1.54) is 4.88 Å². The number of benzene rings is 1. The summed E-state index contributed by atoms with van der Waals surface area (Å²) in [6.45, 7) is 4.98. The first kappa shape index (κ1) is 14.3. The highest BCUT2D eigenvalue weighted by Crippen LogP contribution is 2.27. The molecule has 21 heavy (non-hydrogen) atoms. The van der Waals surface area contributed by atoms with Gasteiger partial charge in [0.15, 0.2) is 0 Å². The zero-order valence-corrected chi connectivity index (χ0v) is 12.9. The lowest BCUT2D eigenvalue weighted by atomic mass is 10.1. The molecule has 0 amide bonds. The molecule has 4 heteroatoms. The number of ether oxygens (including phenoxy) is 1. The van der Waals surface area contributed by atoms with Crippen molar-refractivity contribution in [2.24, 2.45) is 0 Å². The molecule has 0 radical (unpaired) electrons. The zero-order valence-electron chi connectivity index (χ0n) is 12.1. The molecule has 2 heterocycles. The summed E-state index contributed by atoms with van der Waals surface area (Å²) in [4.78, 5) is 1.25. The third-order valence-electron chi connectivity index (χ3n) is 3.39. The van der Waals surface area contributed by atoms with Gasteiger partial charge in [0.2, 0.25) is 0 Å². The number of para-hydroxylation sites is 1. The minimum Gasteiger partial charge on any atom is -0.459 e. The van der Waals surface area contributed by atoms with E-state index < -0.39 is 0 Å². The SMILES string of the molecule is CCNCc1oc2ccccc2c1COCc1cccs1. The molecule has 2 aromatic heterocycles. The van der Waals surface area contributed by atoms with Crippen LogP contribution in [0.4, 0.5) is 0 Å². The second-order valence-electron chi connectivity index (χ2n) is 4.85. The van der Waals surface area contributed by atoms with Crippen LogP contribution in [0, 0.1) is 0 Å². The predicted molar refractivity (Wildman–Crippen MR) is 86.4 cm³/mol. The third kappa shape index (κ3) is 3.35. The molecule has 0 fully saturated rings. The van der Waals surface area contributed by atoms with Crippen molar-refractivity contribution in [1.82, 2.24) is 5.32 Å². The highest BCUT2D eigenvalue weighted by atomic mass is 32.1. The van der Waals surface area contributed by atoms with Crippen molar-refractivity contribution < 1.29 is 9.15 Å². The van der Waals surface area contributed by atoms with Gasteiger partial charge in [0.05, 0.1) is 19.8 Å². The van der Waals surface area contributed by atoms with Crippen LogP contribution in [0.5, 0.6) is 0 Å². The lowest BCUT2D eigenvalue weighted by molar-refractivity contribution is 0.108. The monoisotopic (exact) mass is 301 g/mol. The van der Waals surface area contributed by atoms with Gasteiger partial charge in [0, 0.05) is 15.8 Å². The van der Waals surface area contributed by atoms with E-state index in [0.717, 1.165) is 35.4 Å². The number of hydrogen-bond donors (Lipinski definition) is 1. The van der Waals surface area contributed by atoms with Crippen LogP contribution in [0.15, 0.2) is 46.2 Å². The van der Waals surface area contributed by atoms with Gasteiger partial charge in [-0.2, -0.15) is 0 Å². The molecule has 3 nitrogen and oxygen atoms in total. The highest BCUT2D eigenvalue weighted by Gasteiger charge is 2.13. The summed E-state index contributed by atoms with van der Waals surface area (Å²) in [6.07, 6.45) is 0. The van der Waals surface area contributed by atoms with Gasteiger partial charge in [0.1, 0.15) is 11.3 Å². The molecule has 1 N–H and O–H groups in total. The van der Waals surface area contributed by atoms with Gasteiger partial charge in [0.25, 0.3) is 0 Å². The summed E-state index contributed by atoms with van der Waals surface area (Å²) >= 11 is 1.72. The Hall–Kier alpha value is -1.62. The molecule has 0 aliphatic carbocycles. The molecular formula is C17H19NO2S. The van der Waals surface area contributed by atoms with E-state index in [9.17, 15) is 0 Å². The number of thiophene rings is 1. The molecule has 110 valence electrons. The predicted octanol–water partition coefficient (Wildman–Crippen LogP) is 4.32. The Kier molecular flexibility index (Phi) is 4.70. The number of hydrogen-bond acceptors (Lipinski definition) is 4. The topological polar surface area (TPSA) is 34.4 Å². The summed E-state index contributed by atoms with van der Waals surface area (Å²) in [5, 5.41) is 6.54. The Balaban J connectivity index is 1.77. The van der Waals surface area contributed by atoms with E-state index in [1.807, 2.05) is 24.3 Å². The van der Waals surface area contributed by atoms with Gasteiger partial charge in [-0.15, -0.1) is 11.3 Å². The number of furan rings is 1. The van der Waals surface area contributed by atoms with Crippen LogP contribution in [-0.4, -0.2) is 6.54 Å². The van der Waals surface area contributed by atoms with Crippen LogP contribution >= 0.6 is 11.3 Å². The minimum atomic E-state index is 0.579. The van der Waals surface area contributed by atoms with Crippen LogP contribution in [-0.2, 0) is 24.5 Å². The van der Waals surface area contributed by atoms with Crippen molar-refractivity contribution in [1.29, 1.82) is 0 Å². The van der Waals surface area contributed by atoms with Gasteiger partial charge in [-0.1, -0.05) is 31.2 Å². The molecule has 1 aromatic carbocycles. The number of fused-ring (bicyclic) bond motifs is 1. The molecule has 0 spiro atoms. The van der Waals surface area contributed by atoms with Crippen LogP contribution in [0.2, 0.25) is 0 Å². The summed E-state index contributed by atoms with van der Waals surface area (Å²) in [6, 6.07) is 12.3. The lowest BCUT2D eigenvalue weighted by Gasteiger charge is -2.05. The van der Waals surface area contributed by atoms with E-state index in [2.05, 4.69) is 29.8 Å². The van der Waals surface area contributed by atoms with Gasteiger partial charge in [-0.05, 0) is 24.1 Å². The Morgan fingerprint density at radius 2 is 2.05 bits per heavy atom. The molecule has 0 bridgehead atoms. The summed E-state index contributed by atoms with van der Waals surface area (Å²) in [5.74, 6) is 0.976. The first-order chi connectivity index (χ1) is 10.4. The summed E-state index contributed by atoms with van der Waals surface area (Å²) in [7, 11) is 0. The Morgan fingerprint density at radius 1 is 1.14 bits per heavy atom. The van der Waals surface area contributed by atoms with Crippen molar-refractivity contribution in [3.05, 3.63) is 58.0 Å². The second-order valence-corrected chi connectivity index (χ2v) is 5.88. The van der Waals surface area contributed by atoms with E-state index >= 15 is 0 Å². The maximum atomic E-state index is 5.95. The van der Waals surface area contributed by atoms with Crippen molar-refractivity contribution in [2.75, 3.05) is 6.54 Å². The summed E-state index contributed by atoms with van der Waals surface area (Å²) < 4.78 is 11.8. The molecule has 0 saturated carbocycles. The van der Waals surface area contributed by atoms with E-state index in [1.54, 1.807) is 11.3 Å². The average molecular weight is 301 g/mol. The third-order valence-corrected chi connectivity index (χ3v) is 4.24. The van der Waals surface area contributed by atoms with Gasteiger partial charge < -0.3 is 14.5 Å². The smallest absolute Gasteiger partial charge is 0.134 e. The van der Waals surface area contributed by atoms with Crippen LogP contribution in [0.3, 0.4) is 0 Å². The molecule has 0 aliphatic rings. The first-order valence-electron chi connectivity index (χ1n) is 7.18. The van der Waals surface area contributed by atoms with E-state index in [0.29, 0.717) is 13.2 Å². The molecule has 0 atom stereocenters. The Morgan fingerprint density at radius 3 is 2.86 bits per heavy atom. The fourth-order valence-corrected chi connectivity index (χ4v) is 2.98. The maximum Gasteiger partial charge on any atom is 0.134 e. The van der Waals surface area contributed by atoms with Crippen molar-refractivity contribution in [3.8, 4) is 0 Å². The van der Waals surface area contributed by atoms with E-state index in [-0.39, 0.29) is 0 Å². The van der Waals surface area contributed by atoms with E-state index in [4.69, 9.17) is 9.15 Å². The molecule has 0 aliphatic heterocycles. The fraction of sp³-hybridized carbons (Fsp3) is 0.294. The minimum absolute atomic E-state index is 0.579. The van der Waals surface area contributed by atoms with Crippen LogP contribution in [0.25, 0.3) is 11.0 Å². The van der Waals surface area contributed by atoms with Crippen LogP contribution in [0.1, 0.15) is 23.1 Å². The normalized spacial score (nSPS) is 11.3. The largest absolute Gasteiger partial charge is 0.459 e. The van der Waals surface area contributed by atoms with Crippen LogP contribution < -0.4 is 5.32 Å². The Bertz CT molecular complexity index is 688. The number of nitrogens with one attached hydrogen (secondary N) is 1. The van der Waals surface area contributed by atoms with Gasteiger partial charge in [-0.25, -0.2) is 0 Å². The van der Waals surface area contributed by atoms with Crippen molar-refractivity contribution in [3.63, 3.8) is 0 Å². The van der Waals surface area contributed by atoms with Crippen molar-refractivity contribution >= 4 is 22.3 Å². The molecular weight excluding hydrogens is 282 g/mol. The molecule has 0 saturated heterocycles.